The maximum Gasteiger partial charge on any atom is 0.199 e. The molecule has 0 aliphatic carbocycles. The third kappa shape index (κ3) is 4.67. The number of phenolic OH excluding ortho intramolecular Hbond substituents is 1. The van der Waals surface area contributed by atoms with Gasteiger partial charge in [0, 0.05) is 17.2 Å². The van der Waals surface area contributed by atoms with Gasteiger partial charge < -0.3 is 24.6 Å². The van der Waals surface area contributed by atoms with E-state index in [1.165, 1.54) is 12.1 Å². The summed E-state index contributed by atoms with van der Waals surface area (Å²) in [5.74, 6) is 0.183. The molecule has 0 bridgehead atoms. The molecular formula is C20H25NO5. The highest BCUT2D eigenvalue weighted by Crippen LogP contribution is 2.28. The number of benzene rings is 2. The maximum atomic E-state index is 12.6. The van der Waals surface area contributed by atoms with Crippen molar-refractivity contribution in [2.75, 3.05) is 26.8 Å². The quantitative estimate of drug-likeness (QED) is 0.657. The van der Waals surface area contributed by atoms with E-state index in [-0.39, 0.29) is 23.5 Å². The van der Waals surface area contributed by atoms with Crippen LogP contribution in [0, 0.1) is 0 Å². The van der Waals surface area contributed by atoms with Gasteiger partial charge in [-0.15, -0.1) is 0 Å². The van der Waals surface area contributed by atoms with Crippen molar-refractivity contribution in [1.82, 2.24) is 0 Å². The fraction of sp³-hybridized carbons (Fsp3) is 0.350. The van der Waals surface area contributed by atoms with Crippen LogP contribution in [0.2, 0.25) is 0 Å². The first-order valence-corrected chi connectivity index (χ1v) is 8.65. The Balaban J connectivity index is 2.15. The molecule has 140 valence electrons. The number of nitrogens with one attached hydrogen (secondary N) is 1. The van der Waals surface area contributed by atoms with E-state index in [1.807, 2.05) is 13.8 Å². The minimum atomic E-state index is -0.427. The van der Waals surface area contributed by atoms with Crippen LogP contribution < -0.4 is 19.5 Å². The Morgan fingerprint density at radius 1 is 1.15 bits per heavy atom. The van der Waals surface area contributed by atoms with Crippen LogP contribution in [-0.4, -0.2) is 37.7 Å². The van der Waals surface area contributed by atoms with E-state index >= 15 is 0 Å². The van der Waals surface area contributed by atoms with Gasteiger partial charge in [-0.05, 0) is 38.1 Å². The van der Waals surface area contributed by atoms with Crippen molar-refractivity contribution in [2.24, 2.45) is 0 Å². The number of carbonyl (C=O) groups excluding carboxylic acids is 1. The summed E-state index contributed by atoms with van der Waals surface area (Å²) in [6.07, 6.45) is 0. The lowest BCUT2D eigenvalue weighted by Crippen LogP contribution is -3.10. The molecule has 0 saturated heterocycles. The number of quaternary nitrogens is 1. The van der Waals surface area contributed by atoms with Crippen LogP contribution in [0.15, 0.2) is 36.4 Å². The summed E-state index contributed by atoms with van der Waals surface area (Å²) in [7, 11) is 1.55. The van der Waals surface area contributed by atoms with Crippen LogP contribution in [0.1, 0.15) is 29.8 Å². The summed E-state index contributed by atoms with van der Waals surface area (Å²) in [5, 5.41) is 22.7. The second-order valence-electron chi connectivity index (χ2n) is 5.96. The number of carbonyl (C=O) groups is 1. The normalized spacial score (nSPS) is 10.8. The Morgan fingerprint density at radius 2 is 1.85 bits per heavy atom. The van der Waals surface area contributed by atoms with Crippen LogP contribution >= 0.6 is 0 Å². The van der Waals surface area contributed by atoms with Crippen molar-refractivity contribution in [1.29, 1.82) is 0 Å². The number of ketones is 1. The summed E-state index contributed by atoms with van der Waals surface area (Å²) in [5.41, 5.74) is 0.309. The molecule has 2 aromatic carbocycles. The van der Waals surface area contributed by atoms with E-state index in [9.17, 15) is 15.0 Å². The molecule has 6 heteroatoms. The van der Waals surface area contributed by atoms with E-state index in [1.54, 1.807) is 31.4 Å². The predicted octanol–water partition coefficient (Wildman–Crippen LogP) is 1.16. The molecule has 0 unspecified atom stereocenters. The van der Waals surface area contributed by atoms with Crippen LogP contribution in [0.3, 0.4) is 0 Å². The van der Waals surface area contributed by atoms with Crippen molar-refractivity contribution in [3.8, 4) is 23.0 Å². The number of hydrogen-bond acceptors (Lipinski definition) is 5. The molecule has 2 rings (SSSR count). The molecule has 0 saturated carbocycles. The van der Waals surface area contributed by atoms with Crippen molar-refractivity contribution in [3.05, 3.63) is 47.5 Å². The molecule has 0 spiro atoms. The highest BCUT2D eigenvalue weighted by Gasteiger charge is 2.16. The Labute approximate surface area is 153 Å². The predicted molar refractivity (Wildman–Crippen MR) is 96.1 cm³/mol. The Bertz CT molecular complexity index is 756. The zero-order valence-corrected chi connectivity index (χ0v) is 15.4. The minimum Gasteiger partial charge on any atom is -0.872 e. The van der Waals surface area contributed by atoms with Crippen molar-refractivity contribution in [3.63, 3.8) is 0 Å². The summed E-state index contributed by atoms with van der Waals surface area (Å²) in [6, 6.07) is 9.65. The fourth-order valence-corrected chi connectivity index (χ4v) is 2.68. The Kier molecular flexibility index (Phi) is 6.86. The van der Waals surface area contributed by atoms with Gasteiger partial charge >= 0.3 is 0 Å². The lowest BCUT2D eigenvalue weighted by molar-refractivity contribution is -0.910. The van der Waals surface area contributed by atoms with Gasteiger partial charge in [0.1, 0.15) is 23.8 Å². The van der Waals surface area contributed by atoms with Gasteiger partial charge in [-0.3, -0.25) is 4.79 Å². The summed E-state index contributed by atoms with van der Waals surface area (Å²) < 4.78 is 10.6. The lowest BCUT2D eigenvalue weighted by atomic mass is 10.0. The third-order valence-electron chi connectivity index (χ3n) is 4.37. The highest BCUT2D eigenvalue weighted by atomic mass is 16.5. The van der Waals surface area contributed by atoms with Gasteiger partial charge in [0.05, 0.1) is 20.2 Å². The van der Waals surface area contributed by atoms with Crippen LogP contribution in [0.4, 0.5) is 0 Å². The second kappa shape index (κ2) is 9.10. The average Bonchev–Trinajstić information content (AvgIpc) is 2.66. The SMILES string of the molecule is CC[NH+](CC)Cc1c(O)ccc(C(=O)COc2cccc(OC)c2)c1[O-]. The van der Waals surface area contributed by atoms with Crippen LogP contribution in [-0.2, 0) is 6.54 Å². The molecule has 2 aromatic rings. The van der Waals surface area contributed by atoms with E-state index in [0.29, 0.717) is 18.0 Å². The van der Waals surface area contributed by atoms with Gasteiger partial charge in [-0.1, -0.05) is 11.8 Å². The smallest absolute Gasteiger partial charge is 0.199 e. The zero-order valence-electron chi connectivity index (χ0n) is 15.4. The van der Waals surface area contributed by atoms with Crippen molar-refractivity contribution >= 4 is 5.78 Å². The molecule has 0 radical (unpaired) electrons. The van der Waals surface area contributed by atoms with Crippen LogP contribution in [0.25, 0.3) is 0 Å². The van der Waals surface area contributed by atoms with Crippen molar-refractivity contribution in [2.45, 2.75) is 20.4 Å². The summed E-state index contributed by atoms with van der Waals surface area (Å²) >= 11 is 0. The second-order valence-corrected chi connectivity index (χ2v) is 5.96. The molecule has 0 atom stereocenters. The van der Waals surface area contributed by atoms with E-state index < -0.39 is 11.5 Å². The first-order valence-electron chi connectivity index (χ1n) is 8.65. The standard InChI is InChI=1S/C20H25NO5/c1-4-21(5-2)12-17-18(22)10-9-16(20(17)24)19(23)13-26-15-8-6-7-14(11-15)25-3/h6-11,22,24H,4-5,12-13H2,1-3H3. The molecule has 0 amide bonds. The molecule has 6 nitrogen and oxygen atoms in total. The number of Topliss-reactive ketones (excluding diaryl/α,β-unsaturated/α-hetero) is 1. The molecule has 0 aliphatic heterocycles. The summed E-state index contributed by atoms with van der Waals surface area (Å²) in [4.78, 5) is 13.6. The number of methoxy groups -OCH3 is 1. The molecule has 0 fully saturated rings. The molecule has 0 heterocycles. The molecular weight excluding hydrogens is 334 g/mol. The van der Waals surface area contributed by atoms with E-state index in [4.69, 9.17) is 9.47 Å². The van der Waals surface area contributed by atoms with E-state index in [0.717, 1.165) is 18.0 Å². The van der Waals surface area contributed by atoms with Crippen molar-refractivity contribution < 1.29 is 29.4 Å². The molecule has 2 N–H and O–H groups in total. The molecule has 26 heavy (non-hydrogen) atoms. The van der Waals surface area contributed by atoms with Gasteiger partial charge in [0.2, 0.25) is 0 Å². The average molecular weight is 359 g/mol. The topological polar surface area (TPSA) is 83.3 Å². The highest BCUT2D eigenvalue weighted by molar-refractivity contribution is 6.00. The lowest BCUT2D eigenvalue weighted by Gasteiger charge is -2.23. The zero-order chi connectivity index (χ0) is 19.1. The first-order chi connectivity index (χ1) is 12.5. The minimum absolute atomic E-state index is 0.0345. The number of ether oxygens (including phenoxy) is 2. The largest absolute Gasteiger partial charge is 0.872 e. The number of hydrogen-bond donors (Lipinski definition) is 2. The Hall–Kier alpha value is -2.73. The molecule has 0 aromatic heterocycles. The van der Waals surface area contributed by atoms with Gasteiger partial charge in [0.15, 0.2) is 12.4 Å². The monoisotopic (exact) mass is 359 g/mol. The Morgan fingerprint density at radius 3 is 2.50 bits per heavy atom. The van der Waals surface area contributed by atoms with Gasteiger partial charge in [-0.2, -0.15) is 0 Å². The molecule has 0 aliphatic rings. The number of aromatic hydroxyl groups is 1. The van der Waals surface area contributed by atoms with Gasteiger partial charge in [-0.25, -0.2) is 0 Å². The van der Waals surface area contributed by atoms with E-state index in [2.05, 4.69) is 0 Å². The maximum absolute atomic E-state index is 12.6. The summed E-state index contributed by atoms with van der Waals surface area (Å²) in [6.45, 7) is 5.80. The number of rotatable bonds is 9. The number of phenols is 1. The first kappa shape index (κ1) is 19.6. The fourth-order valence-electron chi connectivity index (χ4n) is 2.68. The van der Waals surface area contributed by atoms with Crippen LogP contribution in [0.5, 0.6) is 23.0 Å². The van der Waals surface area contributed by atoms with Gasteiger partial charge in [0.25, 0.3) is 0 Å². The third-order valence-corrected chi connectivity index (χ3v) is 4.37.